The summed E-state index contributed by atoms with van der Waals surface area (Å²) in [5.74, 6) is -0.563. The van der Waals surface area contributed by atoms with E-state index in [1.54, 1.807) is 0 Å². The van der Waals surface area contributed by atoms with Crippen LogP contribution >= 0.6 is 11.8 Å². The second-order valence-corrected chi connectivity index (χ2v) is 5.29. The minimum atomic E-state index is -2.68. The zero-order valence-corrected chi connectivity index (χ0v) is 11.9. The molecule has 0 aliphatic heterocycles. The van der Waals surface area contributed by atoms with Crippen molar-refractivity contribution in [2.24, 2.45) is 7.05 Å². The molecule has 1 aromatic heterocycles. The quantitative estimate of drug-likeness (QED) is 0.606. The molecule has 8 heteroatoms. The van der Waals surface area contributed by atoms with E-state index in [1.807, 2.05) is 0 Å². The molecule has 0 spiro atoms. The van der Waals surface area contributed by atoms with Crippen LogP contribution in [0, 0.1) is 5.82 Å². The van der Waals surface area contributed by atoms with Crippen molar-refractivity contribution in [2.45, 2.75) is 18.0 Å². The van der Waals surface area contributed by atoms with Gasteiger partial charge in [-0.2, -0.15) is 0 Å². The lowest BCUT2D eigenvalue weighted by Crippen LogP contribution is -2.02. The van der Waals surface area contributed by atoms with Crippen molar-refractivity contribution in [3.05, 3.63) is 41.5 Å². The molecule has 0 saturated heterocycles. The van der Waals surface area contributed by atoms with Gasteiger partial charge >= 0.3 is 0 Å². The van der Waals surface area contributed by atoms with Gasteiger partial charge in [0, 0.05) is 24.8 Å². The smallest absolute Gasteiger partial charge is 0.297 e. The molecule has 1 aromatic carbocycles. The van der Waals surface area contributed by atoms with Crippen molar-refractivity contribution in [1.29, 1.82) is 0 Å². The van der Waals surface area contributed by atoms with Gasteiger partial charge < -0.3 is 4.57 Å². The van der Waals surface area contributed by atoms with Crippen molar-refractivity contribution in [1.82, 2.24) is 14.8 Å². The lowest BCUT2D eigenvalue weighted by Gasteiger charge is -2.03. The first-order valence-electron chi connectivity index (χ1n) is 6.08. The third-order valence-electron chi connectivity index (χ3n) is 2.79. The van der Waals surface area contributed by atoms with Crippen molar-refractivity contribution in [2.75, 3.05) is 5.75 Å². The van der Waals surface area contributed by atoms with E-state index in [0.717, 1.165) is 0 Å². The SMILES string of the molecule is Cn1c(SCCC(=O)c2ccc(F)cc2)nnc1C(F)F. The van der Waals surface area contributed by atoms with Gasteiger partial charge in [0.2, 0.25) is 5.82 Å². The van der Waals surface area contributed by atoms with Crippen molar-refractivity contribution >= 4 is 17.5 Å². The number of hydrogen-bond donors (Lipinski definition) is 0. The zero-order valence-electron chi connectivity index (χ0n) is 11.1. The molecule has 0 N–H and O–H groups in total. The molecule has 0 aliphatic rings. The molecule has 0 unspecified atom stereocenters. The third kappa shape index (κ3) is 3.84. The maximum Gasteiger partial charge on any atom is 0.297 e. The number of nitrogens with zero attached hydrogens (tertiary/aromatic N) is 3. The molecule has 0 saturated carbocycles. The first-order chi connectivity index (χ1) is 9.99. The highest BCUT2D eigenvalue weighted by molar-refractivity contribution is 7.99. The van der Waals surface area contributed by atoms with Gasteiger partial charge in [0.1, 0.15) is 5.82 Å². The summed E-state index contributed by atoms with van der Waals surface area (Å²) < 4.78 is 39.0. The number of Topliss-reactive ketones (excluding diaryl/α,β-unsaturated/α-hetero) is 1. The predicted molar refractivity (Wildman–Crippen MR) is 72.0 cm³/mol. The number of carbonyl (C=O) groups excluding carboxylic acids is 1. The fraction of sp³-hybridized carbons (Fsp3) is 0.308. The summed E-state index contributed by atoms with van der Waals surface area (Å²) in [6.45, 7) is 0. The van der Waals surface area contributed by atoms with E-state index in [2.05, 4.69) is 10.2 Å². The van der Waals surface area contributed by atoms with Crippen LogP contribution in [-0.2, 0) is 7.05 Å². The Morgan fingerprint density at radius 1 is 1.29 bits per heavy atom. The molecular formula is C13H12F3N3OS. The number of carbonyl (C=O) groups is 1. The number of thioether (sulfide) groups is 1. The predicted octanol–water partition coefficient (Wildman–Crippen LogP) is 3.26. The normalized spacial score (nSPS) is 11.1. The molecule has 2 aromatic rings. The number of hydrogen-bond acceptors (Lipinski definition) is 4. The minimum absolute atomic E-state index is 0.140. The Hall–Kier alpha value is -1.83. The Morgan fingerprint density at radius 2 is 1.95 bits per heavy atom. The molecule has 0 bridgehead atoms. The van der Waals surface area contributed by atoms with E-state index in [9.17, 15) is 18.0 Å². The van der Waals surface area contributed by atoms with Gasteiger partial charge in [-0.1, -0.05) is 11.8 Å². The Labute approximate surface area is 123 Å². The summed E-state index contributed by atoms with van der Waals surface area (Å²) in [5.41, 5.74) is 0.420. The third-order valence-corrected chi connectivity index (χ3v) is 3.81. The van der Waals surface area contributed by atoms with Crippen molar-refractivity contribution < 1.29 is 18.0 Å². The lowest BCUT2D eigenvalue weighted by atomic mass is 10.1. The van der Waals surface area contributed by atoms with Gasteiger partial charge in [0.15, 0.2) is 10.9 Å². The van der Waals surface area contributed by atoms with Crippen LogP contribution in [0.25, 0.3) is 0 Å². The van der Waals surface area contributed by atoms with Crippen LogP contribution in [0.1, 0.15) is 29.0 Å². The van der Waals surface area contributed by atoms with E-state index in [-0.39, 0.29) is 12.2 Å². The van der Waals surface area contributed by atoms with E-state index >= 15 is 0 Å². The van der Waals surface area contributed by atoms with Crippen LogP contribution in [0.2, 0.25) is 0 Å². The monoisotopic (exact) mass is 315 g/mol. The van der Waals surface area contributed by atoms with Crippen LogP contribution in [0.4, 0.5) is 13.2 Å². The highest BCUT2D eigenvalue weighted by atomic mass is 32.2. The van der Waals surface area contributed by atoms with E-state index < -0.39 is 18.1 Å². The summed E-state index contributed by atoms with van der Waals surface area (Å²) in [6.07, 6.45) is -2.48. The Balaban J connectivity index is 1.89. The summed E-state index contributed by atoms with van der Waals surface area (Å²) >= 11 is 1.17. The van der Waals surface area contributed by atoms with Crippen LogP contribution in [0.5, 0.6) is 0 Å². The van der Waals surface area contributed by atoms with Gasteiger partial charge in [0.25, 0.3) is 6.43 Å². The van der Waals surface area contributed by atoms with Gasteiger partial charge in [-0.15, -0.1) is 10.2 Å². The molecule has 112 valence electrons. The number of alkyl halides is 2. The number of aromatic nitrogens is 3. The topological polar surface area (TPSA) is 47.8 Å². The zero-order chi connectivity index (χ0) is 15.4. The van der Waals surface area contributed by atoms with Crippen LogP contribution in [0.15, 0.2) is 29.4 Å². The average Bonchev–Trinajstić information content (AvgIpc) is 2.81. The van der Waals surface area contributed by atoms with Crippen molar-refractivity contribution in [3.63, 3.8) is 0 Å². The van der Waals surface area contributed by atoms with Crippen LogP contribution in [0.3, 0.4) is 0 Å². The standard InChI is InChI=1S/C13H12F3N3OS/c1-19-12(11(15)16)17-18-13(19)21-7-6-10(20)8-2-4-9(14)5-3-8/h2-5,11H,6-7H2,1H3. The Morgan fingerprint density at radius 3 is 2.52 bits per heavy atom. The lowest BCUT2D eigenvalue weighted by molar-refractivity contribution is 0.0989. The molecule has 21 heavy (non-hydrogen) atoms. The van der Waals surface area contributed by atoms with E-state index in [0.29, 0.717) is 16.5 Å². The molecule has 1 heterocycles. The average molecular weight is 315 g/mol. The highest BCUT2D eigenvalue weighted by Gasteiger charge is 2.17. The van der Waals surface area contributed by atoms with Gasteiger partial charge in [0.05, 0.1) is 0 Å². The molecule has 0 atom stereocenters. The van der Waals surface area contributed by atoms with Gasteiger partial charge in [-0.25, -0.2) is 13.2 Å². The van der Waals surface area contributed by atoms with E-state index in [4.69, 9.17) is 0 Å². The second kappa shape index (κ2) is 6.75. The fourth-order valence-electron chi connectivity index (χ4n) is 1.66. The first kappa shape index (κ1) is 15.6. The Kier molecular flexibility index (Phi) is 5.00. The molecule has 2 rings (SSSR count). The number of rotatable bonds is 6. The minimum Gasteiger partial charge on any atom is -0.304 e. The Bertz CT molecular complexity index is 628. The molecule has 0 fully saturated rings. The van der Waals surface area contributed by atoms with Gasteiger partial charge in [-0.3, -0.25) is 4.79 Å². The summed E-state index contributed by atoms with van der Waals surface area (Å²) in [7, 11) is 1.45. The number of halogens is 3. The van der Waals surface area contributed by atoms with Crippen LogP contribution < -0.4 is 0 Å². The van der Waals surface area contributed by atoms with Gasteiger partial charge in [-0.05, 0) is 24.3 Å². The maximum absolute atomic E-state index is 12.7. The molecule has 0 radical (unpaired) electrons. The first-order valence-corrected chi connectivity index (χ1v) is 7.06. The number of ketones is 1. The molecule has 4 nitrogen and oxygen atoms in total. The molecule has 0 amide bonds. The van der Waals surface area contributed by atoms with Crippen LogP contribution in [-0.4, -0.2) is 26.3 Å². The molecule has 0 aliphatic carbocycles. The van der Waals surface area contributed by atoms with Crippen molar-refractivity contribution in [3.8, 4) is 0 Å². The number of benzene rings is 1. The molecular weight excluding hydrogens is 303 g/mol. The second-order valence-electron chi connectivity index (χ2n) is 4.23. The fourth-order valence-corrected chi connectivity index (χ4v) is 2.51. The van der Waals surface area contributed by atoms with E-state index in [1.165, 1.54) is 47.6 Å². The highest BCUT2D eigenvalue weighted by Crippen LogP contribution is 2.22. The summed E-state index contributed by atoms with van der Waals surface area (Å²) in [4.78, 5) is 11.8. The summed E-state index contributed by atoms with van der Waals surface area (Å²) in [5, 5.41) is 7.38. The summed E-state index contributed by atoms with van der Waals surface area (Å²) in [6, 6.07) is 5.27. The maximum atomic E-state index is 12.7. The largest absolute Gasteiger partial charge is 0.304 e.